The van der Waals surface area contributed by atoms with Gasteiger partial charge in [0.15, 0.2) is 0 Å². The van der Waals surface area contributed by atoms with E-state index in [4.69, 9.17) is 10.5 Å². The van der Waals surface area contributed by atoms with E-state index in [0.29, 0.717) is 37.2 Å². The van der Waals surface area contributed by atoms with Crippen LogP contribution in [-0.2, 0) is 9.53 Å². The highest BCUT2D eigenvalue weighted by atomic mass is 32.2. The lowest BCUT2D eigenvalue weighted by atomic mass is 9.89. The Bertz CT molecular complexity index is 303. The predicted octanol–water partition coefficient (Wildman–Crippen LogP) is 1.09. The highest BCUT2D eigenvalue weighted by Gasteiger charge is 2.40. The van der Waals surface area contributed by atoms with Gasteiger partial charge in [0.25, 0.3) is 0 Å². The lowest BCUT2D eigenvalue weighted by Gasteiger charge is -2.41. The third kappa shape index (κ3) is 3.00. The minimum absolute atomic E-state index is 0.136. The number of nitrogens with two attached hydrogens (primary N) is 1. The smallest absolute Gasteiger partial charge is 0.242 e. The Hall–Kier alpha value is -0.260. The number of ether oxygens (including phenoxy) is 1. The molecule has 0 radical (unpaired) electrons. The van der Waals surface area contributed by atoms with Crippen LogP contribution in [0.3, 0.4) is 0 Å². The molecule has 5 heteroatoms. The fourth-order valence-corrected chi connectivity index (χ4v) is 3.83. The van der Waals surface area contributed by atoms with E-state index >= 15 is 0 Å². The highest BCUT2D eigenvalue weighted by molar-refractivity contribution is 8.00. The highest BCUT2D eigenvalue weighted by Crippen LogP contribution is 2.28. The van der Waals surface area contributed by atoms with E-state index in [-0.39, 0.29) is 5.91 Å². The standard InChI is InChI=1S/C13H24N2O2S/c1-10(2)11-9-15(5-8-18-11)12(16)13(14)3-6-17-7-4-13/h10-11H,3-9,14H2,1-2H3. The molecule has 18 heavy (non-hydrogen) atoms. The number of rotatable bonds is 2. The van der Waals surface area contributed by atoms with Gasteiger partial charge in [0, 0.05) is 37.3 Å². The van der Waals surface area contributed by atoms with E-state index in [9.17, 15) is 4.79 Å². The number of carbonyl (C=O) groups is 1. The lowest BCUT2D eigenvalue weighted by Crippen LogP contribution is -2.60. The first kappa shape index (κ1) is 14.2. The van der Waals surface area contributed by atoms with Crippen molar-refractivity contribution in [2.75, 3.05) is 32.1 Å². The largest absolute Gasteiger partial charge is 0.381 e. The van der Waals surface area contributed by atoms with Crippen LogP contribution in [0.2, 0.25) is 0 Å². The molecular weight excluding hydrogens is 248 g/mol. The van der Waals surface area contributed by atoms with Crippen molar-refractivity contribution in [2.45, 2.75) is 37.5 Å². The van der Waals surface area contributed by atoms with Crippen LogP contribution in [0.25, 0.3) is 0 Å². The van der Waals surface area contributed by atoms with E-state index in [0.717, 1.165) is 18.8 Å². The average molecular weight is 272 g/mol. The Labute approximate surface area is 114 Å². The van der Waals surface area contributed by atoms with Gasteiger partial charge in [-0.3, -0.25) is 4.79 Å². The Morgan fingerprint density at radius 3 is 2.72 bits per heavy atom. The number of thioether (sulfide) groups is 1. The maximum Gasteiger partial charge on any atom is 0.242 e. The number of hydrogen-bond donors (Lipinski definition) is 1. The van der Waals surface area contributed by atoms with Crippen LogP contribution >= 0.6 is 11.8 Å². The molecule has 0 aromatic rings. The van der Waals surface area contributed by atoms with Crippen LogP contribution in [0.4, 0.5) is 0 Å². The normalized spacial score (nSPS) is 28.4. The van der Waals surface area contributed by atoms with Gasteiger partial charge in [-0.05, 0) is 18.8 Å². The van der Waals surface area contributed by atoms with Crippen molar-refractivity contribution in [1.82, 2.24) is 4.90 Å². The summed E-state index contributed by atoms with van der Waals surface area (Å²) in [5, 5.41) is 0.547. The van der Waals surface area contributed by atoms with Crippen LogP contribution in [0, 0.1) is 5.92 Å². The lowest BCUT2D eigenvalue weighted by molar-refractivity contribution is -0.140. The third-order valence-corrected chi connectivity index (χ3v) is 5.48. The first-order valence-electron chi connectivity index (χ1n) is 6.80. The van der Waals surface area contributed by atoms with Gasteiger partial charge >= 0.3 is 0 Å². The molecule has 2 aliphatic heterocycles. The second-order valence-corrected chi connectivity index (χ2v) is 7.02. The molecule has 0 aromatic carbocycles. The van der Waals surface area contributed by atoms with Crippen molar-refractivity contribution in [3.8, 4) is 0 Å². The van der Waals surface area contributed by atoms with Crippen LogP contribution in [0.15, 0.2) is 0 Å². The summed E-state index contributed by atoms with van der Waals surface area (Å²) in [7, 11) is 0. The summed E-state index contributed by atoms with van der Waals surface area (Å²) < 4.78 is 5.31. The molecule has 2 N–H and O–H groups in total. The average Bonchev–Trinajstić information content (AvgIpc) is 2.39. The molecule has 104 valence electrons. The van der Waals surface area contributed by atoms with Crippen molar-refractivity contribution in [1.29, 1.82) is 0 Å². The quantitative estimate of drug-likeness (QED) is 0.818. The Balaban J connectivity index is 1.99. The Morgan fingerprint density at radius 2 is 2.11 bits per heavy atom. The minimum Gasteiger partial charge on any atom is -0.381 e. The molecule has 4 nitrogen and oxygen atoms in total. The van der Waals surface area contributed by atoms with Gasteiger partial charge in [0.2, 0.25) is 5.91 Å². The number of nitrogens with zero attached hydrogens (tertiary/aromatic N) is 1. The Morgan fingerprint density at radius 1 is 1.44 bits per heavy atom. The summed E-state index contributed by atoms with van der Waals surface area (Å²) in [6, 6.07) is 0. The molecule has 0 bridgehead atoms. The molecule has 0 spiro atoms. The van der Waals surface area contributed by atoms with E-state index in [1.54, 1.807) is 0 Å². The monoisotopic (exact) mass is 272 g/mol. The molecule has 2 rings (SSSR count). The molecule has 2 aliphatic rings. The molecule has 0 saturated carbocycles. The first-order valence-corrected chi connectivity index (χ1v) is 7.85. The SMILES string of the molecule is CC(C)C1CN(C(=O)C2(N)CCOCC2)CCS1. The minimum atomic E-state index is -0.679. The zero-order valence-corrected chi connectivity index (χ0v) is 12.2. The molecular formula is C13H24N2O2S. The summed E-state index contributed by atoms with van der Waals surface area (Å²) in [5.41, 5.74) is 5.60. The van der Waals surface area contributed by atoms with Crippen molar-refractivity contribution in [3.63, 3.8) is 0 Å². The molecule has 2 fully saturated rings. The molecule has 1 atom stereocenters. The van der Waals surface area contributed by atoms with Gasteiger partial charge in [0.05, 0.1) is 5.54 Å². The molecule has 1 unspecified atom stereocenters. The molecule has 0 aliphatic carbocycles. The number of carbonyl (C=O) groups excluding carboxylic acids is 1. The third-order valence-electron chi connectivity index (χ3n) is 3.94. The molecule has 2 heterocycles. The van der Waals surface area contributed by atoms with E-state index in [2.05, 4.69) is 13.8 Å². The van der Waals surface area contributed by atoms with Gasteiger partial charge in [-0.2, -0.15) is 11.8 Å². The molecule has 2 saturated heterocycles. The van der Waals surface area contributed by atoms with Gasteiger partial charge in [-0.1, -0.05) is 13.8 Å². The maximum absolute atomic E-state index is 12.6. The van der Waals surface area contributed by atoms with Crippen LogP contribution in [0.1, 0.15) is 26.7 Å². The van der Waals surface area contributed by atoms with Gasteiger partial charge in [-0.25, -0.2) is 0 Å². The summed E-state index contributed by atoms with van der Waals surface area (Å²) in [4.78, 5) is 14.6. The van der Waals surface area contributed by atoms with Crippen molar-refractivity contribution < 1.29 is 9.53 Å². The second kappa shape index (κ2) is 5.80. The topological polar surface area (TPSA) is 55.6 Å². The molecule has 0 aromatic heterocycles. The van der Waals surface area contributed by atoms with Crippen molar-refractivity contribution in [3.05, 3.63) is 0 Å². The van der Waals surface area contributed by atoms with E-state index in [1.165, 1.54) is 0 Å². The first-order chi connectivity index (χ1) is 8.53. The van der Waals surface area contributed by atoms with Crippen LogP contribution in [0.5, 0.6) is 0 Å². The number of amides is 1. The fourth-order valence-electron chi connectivity index (χ4n) is 2.53. The number of hydrogen-bond acceptors (Lipinski definition) is 4. The summed E-state index contributed by atoms with van der Waals surface area (Å²) in [6.45, 7) is 7.35. The van der Waals surface area contributed by atoms with Gasteiger partial charge in [-0.15, -0.1) is 0 Å². The summed E-state index contributed by atoms with van der Waals surface area (Å²) in [5.74, 6) is 1.77. The summed E-state index contributed by atoms with van der Waals surface area (Å²) in [6.07, 6.45) is 1.31. The zero-order valence-electron chi connectivity index (χ0n) is 11.4. The van der Waals surface area contributed by atoms with Gasteiger partial charge < -0.3 is 15.4 Å². The van der Waals surface area contributed by atoms with Crippen molar-refractivity contribution in [2.24, 2.45) is 11.7 Å². The Kier molecular flexibility index (Phi) is 4.56. The van der Waals surface area contributed by atoms with Crippen molar-refractivity contribution >= 4 is 17.7 Å². The van der Waals surface area contributed by atoms with E-state index in [1.807, 2.05) is 16.7 Å². The van der Waals surface area contributed by atoms with Crippen LogP contribution in [-0.4, -0.2) is 53.7 Å². The zero-order chi connectivity index (χ0) is 13.2. The van der Waals surface area contributed by atoms with Gasteiger partial charge in [0.1, 0.15) is 0 Å². The molecule has 1 amide bonds. The predicted molar refractivity (Wildman–Crippen MR) is 74.6 cm³/mol. The van der Waals surface area contributed by atoms with Crippen LogP contribution < -0.4 is 5.73 Å². The van der Waals surface area contributed by atoms with E-state index < -0.39 is 5.54 Å². The fraction of sp³-hybridized carbons (Fsp3) is 0.923. The second-order valence-electron chi connectivity index (χ2n) is 5.67. The summed E-state index contributed by atoms with van der Waals surface area (Å²) >= 11 is 1.98. The maximum atomic E-state index is 12.6.